The van der Waals surface area contributed by atoms with Crippen LogP contribution in [0.2, 0.25) is 0 Å². The maximum Gasteiger partial charge on any atom is 0.152 e. The average Bonchev–Trinajstić information content (AvgIpc) is 3.26. The number of imidazole rings is 1. The lowest BCUT2D eigenvalue weighted by atomic mass is 10.2. The van der Waals surface area contributed by atoms with Crippen molar-refractivity contribution in [2.75, 3.05) is 37.6 Å². The molecule has 0 bridgehead atoms. The van der Waals surface area contributed by atoms with Crippen LogP contribution in [-0.2, 0) is 6.54 Å². The third-order valence-corrected chi connectivity index (χ3v) is 4.69. The summed E-state index contributed by atoms with van der Waals surface area (Å²) < 4.78 is 2.12. The molecular formula is C16H23N5. The van der Waals surface area contributed by atoms with E-state index in [9.17, 15) is 0 Å². The highest BCUT2D eigenvalue weighted by Gasteiger charge is 2.27. The van der Waals surface area contributed by atoms with Crippen LogP contribution < -0.4 is 10.6 Å². The van der Waals surface area contributed by atoms with E-state index in [4.69, 9.17) is 10.7 Å². The van der Waals surface area contributed by atoms with Crippen molar-refractivity contribution in [3.05, 3.63) is 30.1 Å². The predicted octanol–water partition coefficient (Wildman–Crippen LogP) is 1.32. The number of hydrogen-bond acceptors (Lipinski definition) is 4. The maximum absolute atomic E-state index is 5.97. The first-order chi connectivity index (χ1) is 10.3. The van der Waals surface area contributed by atoms with Crippen molar-refractivity contribution >= 4 is 11.5 Å². The molecule has 2 aromatic rings. The van der Waals surface area contributed by atoms with Gasteiger partial charge in [-0.25, -0.2) is 4.98 Å². The van der Waals surface area contributed by atoms with Gasteiger partial charge in [-0.3, -0.25) is 4.90 Å². The van der Waals surface area contributed by atoms with Crippen LogP contribution >= 0.6 is 0 Å². The molecule has 0 radical (unpaired) electrons. The van der Waals surface area contributed by atoms with E-state index in [-0.39, 0.29) is 0 Å². The summed E-state index contributed by atoms with van der Waals surface area (Å²) in [6.07, 6.45) is 4.92. The number of nitrogens with zero attached hydrogens (tertiary/aromatic N) is 4. The minimum Gasteiger partial charge on any atom is -0.352 e. The third-order valence-electron chi connectivity index (χ3n) is 4.69. The molecule has 0 aromatic carbocycles. The molecule has 1 saturated heterocycles. The zero-order valence-corrected chi connectivity index (χ0v) is 12.4. The maximum atomic E-state index is 5.97. The molecule has 112 valence electrons. The van der Waals surface area contributed by atoms with Gasteiger partial charge in [-0.05, 0) is 30.9 Å². The number of piperazine rings is 1. The number of hydrogen-bond donors (Lipinski definition) is 1. The van der Waals surface area contributed by atoms with Gasteiger partial charge in [0.1, 0.15) is 5.65 Å². The van der Waals surface area contributed by atoms with Crippen molar-refractivity contribution in [3.63, 3.8) is 0 Å². The minimum absolute atomic E-state index is 0.531. The zero-order valence-electron chi connectivity index (χ0n) is 12.4. The highest BCUT2D eigenvalue weighted by atomic mass is 15.3. The number of aromatic nitrogens is 2. The van der Waals surface area contributed by atoms with Gasteiger partial charge in [0.2, 0.25) is 0 Å². The molecular weight excluding hydrogens is 262 g/mol. The molecule has 1 aliphatic heterocycles. The Bertz CT molecular complexity index is 623. The van der Waals surface area contributed by atoms with E-state index in [0.29, 0.717) is 6.54 Å². The second kappa shape index (κ2) is 5.31. The Morgan fingerprint density at radius 3 is 2.67 bits per heavy atom. The predicted molar refractivity (Wildman–Crippen MR) is 84.5 cm³/mol. The summed E-state index contributed by atoms with van der Waals surface area (Å²) in [5.41, 5.74) is 8.09. The van der Waals surface area contributed by atoms with E-state index in [1.54, 1.807) is 0 Å². The minimum atomic E-state index is 0.531. The molecule has 0 atom stereocenters. The smallest absolute Gasteiger partial charge is 0.152 e. The van der Waals surface area contributed by atoms with Gasteiger partial charge in [-0.1, -0.05) is 6.07 Å². The van der Waals surface area contributed by atoms with Crippen LogP contribution in [0.15, 0.2) is 24.4 Å². The Morgan fingerprint density at radius 1 is 1.14 bits per heavy atom. The van der Waals surface area contributed by atoms with Gasteiger partial charge >= 0.3 is 0 Å². The van der Waals surface area contributed by atoms with Crippen molar-refractivity contribution in [2.45, 2.75) is 19.4 Å². The van der Waals surface area contributed by atoms with E-state index in [2.05, 4.69) is 20.4 Å². The number of nitrogens with two attached hydrogens (primary N) is 1. The molecule has 2 N–H and O–H groups in total. The average molecular weight is 285 g/mol. The lowest BCUT2D eigenvalue weighted by Crippen LogP contribution is -2.47. The fourth-order valence-corrected chi connectivity index (χ4v) is 3.28. The summed E-state index contributed by atoms with van der Waals surface area (Å²) in [6, 6.07) is 6.11. The second-order valence-corrected chi connectivity index (χ2v) is 6.25. The lowest BCUT2D eigenvalue weighted by molar-refractivity contribution is 0.247. The van der Waals surface area contributed by atoms with Gasteiger partial charge in [0.05, 0.1) is 5.69 Å². The number of rotatable bonds is 4. The van der Waals surface area contributed by atoms with Crippen LogP contribution in [0.1, 0.15) is 18.5 Å². The van der Waals surface area contributed by atoms with Crippen molar-refractivity contribution in [1.82, 2.24) is 14.3 Å². The second-order valence-electron chi connectivity index (χ2n) is 6.25. The third kappa shape index (κ3) is 2.51. The number of pyridine rings is 1. The number of anilines is 1. The molecule has 0 spiro atoms. The Morgan fingerprint density at radius 2 is 1.95 bits per heavy atom. The van der Waals surface area contributed by atoms with Crippen LogP contribution in [-0.4, -0.2) is 47.0 Å². The standard InChI is InChI=1S/C16H23N5/c17-11-14-16(18-15-3-1-2-6-21(14)15)20-9-7-19(8-10-20)12-13-4-5-13/h1-3,6,13H,4-5,7-12,17H2. The van der Waals surface area contributed by atoms with Crippen LogP contribution in [0.5, 0.6) is 0 Å². The van der Waals surface area contributed by atoms with Gasteiger partial charge < -0.3 is 15.0 Å². The van der Waals surface area contributed by atoms with Crippen LogP contribution in [0.3, 0.4) is 0 Å². The highest BCUT2D eigenvalue weighted by Crippen LogP contribution is 2.30. The van der Waals surface area contributed by atoms with Crippen LogP contribution in [0.25, 0.3) is 5.65 Å². The van der Waals surface area contributed by atoms with E-state index < -0.39 is 0 Å². The summed E-state index contributed by atoms with van der Waals surface area (Å²) in [7, 11) is 0. The Balaban J connectivity index is 1.53. The van der Waals surface area contributed by atoms with Crippen molar-refractivity contribution < 1.29 is 0 Å². The summed E-state index contributed by atoms with van der Waals surface area (Å²) in [5, 5.41) is 0. The molecule has 2 aromatic heterocycles. The van der Waals surface area contributed by atoms with E-state index >= 15 is 0 Å². The van der Waals surface area contributed by atoms with Crippen molar-refractivity contribution in [3.8, 4) is 0 Å². The molecule has 0 unspecified atom stereocenters. The molecule has 1 aliphatic carbocycles. The zero-order chi connectivity index (χ0) is 14.2. The SMILES string of the molecule is NCc1c(N2CCN(CC3CC3)CC2)nc2ccccn12. The lowest BCUT2D eigenvalue weighted by Gasteiger charge is -2.35. The molecule has 5 nitrogen and oxygen atoms in total. The summed E-state index contributed by atoms with van der Waals surface area (Å²) in [4.78, 5) is 9.80. The van der Waals surface area contributed by atoms with Gasteiger partial charge in [0.15, 0.2) is 5.82 Å². The fraction of sp³-hybridized carbons (Fsp3) is 0.562. The van der Waals surface area contributed by atoms with E-state index in [1.807, 2.05) is 18.2 Å². The largest absolute Gasteiger partial charge is 0.352 e. The van der Waals surface area contributed by atoms with Gasteiger partial charge in [0.25, 0.3) is 0 Å². The Labute approximate surface area is 125 Å². The molecule has 2 aliphatic rings. The van der Waals surface area contributed by atoms with Crippen molar-refractivity contribution in [2.24, 2.45) is 11.7 Å². The monoisotopic (exact) mass is 285 g/mol. The first-order valence-corrected chi connectivity index (χ1v) is 7.98. The Hall–Kier alpha value is -1.59. The first kappa shape index (κ1) is 13.1. The fourth-order valence-electron chi connectivity index (χ4n) is 3.28. The highest BCUT2D eigenvalue weighted by molar-refractivity contribution is 5.56. The van der Waals surface area contributed by atoms with Crippen LogP contribution in [0, 0.1) is 5.92 Å². The van der Waals surface area contributed by atoms with E-state index in [0.717, 1.165) is 49.3 Å². The summed E-state index contributed by atoms with van der Waals surface area (Å²) in [6.45, 7) is 6.24. The molecule has 4 rings (SSSR count). The summed E-state index contributed by atoms with van der Waals surface area (Å²) in [5.74, 6) is 2.06. The van der Waals surface area contributed by atoms with E-state index in [1.165, 1.54) is 19.4 Å². The molecule has 2 fully saturated rings. The van der Waals surface area contributed by atoms with Crippen LogP contribution in [0.4, 0.5) is 5.82 Å². The topological polar surface area (TPSA) is 49.8 Å². The molecule has 5 heteroatoms. The van der Waals surface area contributed by atoms with Gasteiger partial charge in [0, 0.05) is 45.5 Å². The first-order valence-electron chi connectivity index (χ1n) is 7.98. The molecule has 0 amide bonds. The molecule has 3 heterocycles. The van der Waals surface area contributed by atoms with Gasteiger partial charge in [-0.2, -0.15) is 0 Å². The Kier molecular flexibility index (Phi) is 3.31. The normalized spacial score (nSPS) is 20.3. The molecule has 1 saturated carbocycles. The summed E-state index contributed by atoms with van der Waals surface area (Å²) >= 11 is 0. The van der Waals surface area contributed by atoms with Gasteiger partial charge in [-0.15, -0.1) is 0 Å². The molecule has 21 heavy (non-hydrogen) atoms. The number of fused-ring (bicyclic) bond motifs is 1. The van der Waals surface area contributed by atoms with Crippen molar-refractivity contribution in [1.29, 1.82) is 0 Å². The quantitative estimate of drug-likeness (QED) is 0.920.